The molecule has 1 heteroatoms. The minimum absolute atomic E-state index is 1.08. The molecule has 0 aromatic heterocycles. The van der Waals surface area contributed by atoms with E-state index in [4.69, 9.17) is 0 Å². The number of hydrogen-bond acceptors (Lipinski definition) is 1. The molecule has 0 aromatic rings. The van der Waals surface area contributed by atoms with Crippen LogP contribution >= 0.6 is 0 Å². The van der Waals surface area contributed by atoms with E-state index in [1.807, 2.05) is 6.54 Å². The van der Waals surface area contributed by atoms with Gasteiger partial charge in [-0.3, -0.25) is 0 Å². The first-order valence-corrected chi connectivity index (χ1v) is 3.59. The summed E-state index contributed by atoms with van der Waals surface area (Å²) >= 11 is 0. The number of nitrogens with one attached hydrogen (secondary N) is 1. The van der Waals surface area contributed by atoms with Gasteiger partial charge in [0.15, 0.2) is 0 Å². The summed E-state index contributed by atoms with van der Waals surface area (Å²) in [6.07, 6.45) is 5.64. The normalized spacial score (nSPS) is 9.44. The maximum Gasteiger partial charge on any atom is 0.0439 e. The van der Waals surface area contributed by atoms with Crippen LogP contribution in [-0.4, -0.2) is 6.54 Å². The Labute approximate surface area is 58.2 Å². The van der Waals surface area contributed by atoms with Gasteiger partial charge in [-0.05, 0) is 13.0 Å². The largest absolute Gasteiger partial charge is 0.309 e. The van der Waals surface area contributed by atoms with Crippen molar-refractivity contribution in [1.82, 2.24) is 5.32 Å². The van der Waals surface area contributed by atoms with Crippen molar-refractivity contribution in [2.24, 2.45) is 0 Å². The number of rotatable bonds is 6. The van der Waals surface area contributed by atoms with Crippen molar-refractivity contribution in [3.8, 4) is 0 Å². The van der Waals surface area contributed by atoms with E-state index in [0.29, 0.717) is 0 Å². The molecule has 0 aliphatic rings. The topological polar surface area (TPSA) is 12.0 Å². The summed E-state index contributed by atoms with van der Waals surface area (Å²) < 4.78 is 0. The van der Waals surface area contributed by atoms with E-state index in [1.54, 1.807) is 6.08 Å². The zero-order valence-electron chi connectivity index (χ0n) is 6.19. The molecule has 1 N–H and O–H groups in total. The van der Waals surface area contributed by atoms with Gasteiger partial charge in [-0.1, -0.05) is 25.8 Å². The van der Waals surface area contributed by atoms with Gasteiger partial charge in [-0.15, -0.1) is 6.58 Å². The van der Waals surface area contributed by atoms with Crippen molar-refractivity contribution in [2.75, 3.05) is 6.54 Å². The van der Waals surface area contributed by atoms with Gasteiger partial charge in [0.2, 0.25) is 0 Å². The average Bonchev–Trinajstić information content (AvgIpc) is 1.89. The minimum atomic E-state index is 1.08. The highest BCUT2D eigenvalue weighted by molar-refractivity contribution is 4.83. The Balaban J connectivity index is 2.66. The van der Waals surface area contributed by atoms with E-state index in [0.717, 1.165) is 6.54 Å². The molecule has 0 aromatic carbocycles. The molecule has 0 saturated carbocycles. The first kappa shape index (κ1) is 8.70. The van der Waals surface area contributed by atoms with E-state index in [-0.39, 0.29) is 0 Å². The Kier molecular flexibility index (Phi) is 7.44. The van der Waals surface area contributed by atoms with Crippen LogP contribution in [0.15, 0.2) is 12.7 Å². The number of hydrogen-bond donors (Lipinski definition) is 1. The quantitative estimate of drug-likeness (QED) is 0.537. The van der Waals surface area contributed by atoms with Gasteiger partial charge in [-0.2, -0.15) is 0 Å². The van der Waals surface area contributed by atoms with E-state index in [2.05, 4.69) is 18.8 Å². The predicted molar refractivity (Wildman–Crippen MR) is 42.0 cm³/mol. The van der Waals surface area contributed by atoms with Crippen LogP contribution in [0.2, 0.25) is 0 Å². The second-order valence-corrected chi connectivity index (χ2v) is 2.06. The monoisotopic (exact) mass is 126 g/mol. The lowest BCUT2D eigenvalue weighted by atomic mass is 10.2. The van der Waals surface area contributed by atoms with Crippen LogP contribution in [0.4, 0.5) is 0 Å². The first-order chi connectivity index (χ1) is 4.41. The molecule has 0 amide bonds. The van der Waals surface area contributed by atoms with Crippen molar-refractivity contribution in [3.63, 3.8) is 0 Å². The molecule has 9 heavy (non-hydrogen) atoms. The molecule has 0 heterocycles. The Morgan fingerprint density at radius 3 is 2.78 bits per heavy atom. The van der Waals surface area contributed by atoms with Crippen LogP contribution in [-0.2, 0) is 0 Å². The molecular formula is C8H16N. The molecule has 0 bridgehead atoms. The zero-order chi connectivity index (χ0) is 6.95. The van der Waals surface area contributed by atoms with Crippen molar-refractivity contribution in [2.45, 2.75) is 26.2 Å². The summed E-state index contributed by atoms with van der Waals surface area (Å²) in [6.45, 7) is 8.73. The summed E-state index contributed by atoms with van der Waals surface area (Å²) in [5, 5.41) is 3.13. The highest BCUT2D eigenvalue weighted by Gasteiger charge is 1.82. The van der Waals surface area contributed by atoms with Crippen molar-refractivity contribution in [1.29, 1.82) is 0 Å². The Hall–Kier alpha value is -0.300. The second kappa shape index (κ2) is 7.70. The van der Waals surface area contributed by atoms with Crippen molar-refractivity contribution < 1.29 is 0 Å². The average molecular weight is 126 g/mol. The molecule has 0 fully saturated rings. The fourth-order valence-electron chi connectivity index (χ4n) is 0.644. The summed E-state index contributed by atoms with van der Waals surface area (Å²) in [4.78, 5) is 0. The van der Waals surface area contributed by atoms with Gasteiger partial charge in [0.05, 0.1) is 0 Å². The fraction of sp³-hybridized carbons (Fsp3) is 0.625. The lowest BCUT2D eigenvalue weighted by Gasteiger charge is -1.97. The standard InChI is InChI=1S/C8H16N/c1-3-5-6-8-9-7-4-2/h4,7,9H,2-3,5-6,8H2,1H3. The molecule has 0 saturated heterocycles. The Morgan fingerprint density at radius 2 is 2.22 bits per heavy atom. The van der Waals surface area contributed by atoms with Crippen molar-refractivity contribution in [3.05, 3.63) is 19.2 Å². The molecule has 0 aliphatic heterocycles. The summed E-state index contributed by atoms with van der Waals surface area (Å²) in [5.74, 6) is 0. The van der Waals surface area contributed by atoms with Gasteiger partial charge in [0.1, 0.15) is 0 Å². The highest BCUT2D eigenvalue weighted by Crippen LogP contribution is 1.90. The van der Waals surface area contributed by atoms with Crippen LogP contribution in [0.25, 0.3) is 0 Å². The Bertz CT molecular complexity index is 59.6. The van der Waals surface area contributed by atoms with Crippen LogP contribution in [0.3, 0.4) is 0 Å². The highest BCUT2D eigenvalue weighted by atomic mass is 14.8. The molecule has 0 rings (SSSR count). The third kappa shape index (κ3) is 7.70. The third-order valence-electron chi connectivity index (χ3n) is 1.16. The number of unbranched alkanes of at least 4 members (excludes halogenated alkanes) is 2. The fourth-order valence-corrected chi connectivity index (χ4v) is 0.644. The third-order valence-corrected chi connectivity index (χ3v) is 1.16. The van der Waals surface area contributed by atoms with Crippen LogP contribution in [0.1, 0.15) is 26.2 Å². The zero-order valence-corrected chi connectivity index (χ0v) is 6.19. The molecule has 0 atom stereocenters. The second-order valence-electron chi connectivity index (χ2n) is 2.06. The van der Waals surface area contributed by atoms with Crippen LogP contribution in [0.5, 0.6) is 0 Å². The van der Waals surface area contributed by atoms with Gasteiger partial charge >= 0.3 is 0 Å². The van der Waals surface area contributed by atoms with Gasteiger partial charge in [0.25, 0.3) is 0 Å². The first-order valence-electron chi connectivity index (χ1n) is 3.59. The van der Waals surface area contributed by atoms with E-state index in [9.17, 15) is 0 Å². The molecule has 1 nitrogen and oxygen atoms in total. The SMILES string of the molecule is C=C[CH]NCCCCC. The van der Waals surface area contributed by atoms with E-state index < -0.39 is 0 Å². The molecular weight excluding hydrogens is 110 g/mol. The minimum Gasteiger partial charge on any atom is -0.309 e. The lowest BCUT2D eigenvalue weighted by molar-refractivity contribution is 0.671. The maximum absolute atomic E-state index is 3.56. The van der Waals surface area contributed by atoms with Crippen molar-refractivity contribution >= 4 is 0 Å². The predicted octanol–water partition coefficient (Wildman–Crippen LogP) is 2.11. The molecule has 0 aliphatic carbocycles. The molecule has 0 unspecified atom stereocenters. The van der Waals surface area contributed by atoms with E-state index >= 15 is 0 Å². The summed E-state index contributed by atoms with van der Waals surface area (Å²) in [7, 11) is 0. The maximum atomic E-state index is 3.56. The van der Waals surface area contributed by atoms with Gasteiger partial charge in [0, 0.05) is 6.54 Å². The van der Waals surface area contributed by atoms with Crippen LogP contribution in [0, 0.1) is 6.54 Å². The molecule has 0 spiro atoms. The van der Waals surface area contributed by atoms with Gasteiger partial charge in [-0.25, -0.2) is 0 Å². The Morgan fingerprint density at radius 1 is 1.44 bits per heavy atom. The molecule has 53 valence electrons. The van der Waals surface area contributed by atoms with Crippen LogP contribution < -0.4 is 5.32 Å². The van der Waals surface area contributed by atoms with E-state index in [1.165, 1.54) is 19.3 Å². The summed E-state index contributed by atoms with van der Waals surface area (Å²) in [6, 6.07) is 0. The molecule has 1 radical (unpaired) electrons. The lowest BCUT2D eigenvalue weighted by Crippen LogP contribution is -2.09. The van der Waals surface area contributed by atoms with Gasteiger partial charge < -0.3 is 5.32 Å². The smallest absolute Gasteiger partial charge is 0.0439 e. The summed E-state index contributed by atoms with van der Waals surface area (Å²) in [5.41, 5.74) is 0.